The number of aromatic nitrogens is 1. The molecular formula is C24H31NO. The van der Waals surface area contributed by atoms with Crippen LogP contribution < -0.4 is 0 Å². The van der Waals surface area contributed by atoms with Crippen LogP contribution in [0.25, 0.3) is 5.57 Å². The highest BCUT2D eigenvalue weighted by atomic mass is 16.3. The Kier molecular flexibility index (Phi) is 3.26. The van der Waals surface area contributed by atoms with Crippen molar-refractivity contribution in [3.8, 4) is 0 Å². The molecule has 0 amide bonds. The van der Waals surface area contributed by atoms with Crippen molar-refractivity contribution < 1.29 is 7.85 Å². The molecule has 0 bridgehead atoms. The predicted molar refractivity (Wildman–Crippen MR) is 105 cm³/mol. The van der Waals surface area contributed by atoms with Crippen LogP contribution in [-0.4, -0.2) is 16.2 Å². The van der Waals surface area contributed by atoms with Gasteiger partial charge in [-0.15, -0.1) is 0 Å². The lowest BCUT2D eigenvalue weighted by atomic mass is 9.47. The maximum absolute atomic E-state index is 10.2. The van der Waals surface area contributed by atoms with Gasteiger partial charge in [0.25, 0.3) is 0 Å². The van der Waals surface area contributed by atoms with Crippen LogP contribution in [0.4, 0.5) is 0 Å². The molecule has 0 saturated heterocycles. The van der Waals surface area contributed by atoms with E-state index in [1.807, 2.05) is 24.5 Å². The van der Waals surface area contributed by atoms with Crippen LogP contribution in [-0.2, 0) is 0 Å². The van der Waals surface area contributed by atoms with Crippen molar-refractivity contribution in [3.05, 3.63) is 47.8 Å². The summed E-state index contributed by atoms with van der Waals surface area (Å²) in [4.78, 5) is 4.33. The summed E-state index contributed by atoms with van der Waals surface area (Å²) in [5.74, 6) is 0.744. The Balaban J connectivity index is 1.56. The van der Waals surface area contributed by atoms with E-state index >= 15 is 0 Å². The lowest BCUT2D eigenvalue weighted by Crippen LogP contribution is -2.49. The summed E-state index contributed by atoms with van der Waals surface area (Å²) in [5, 5.41) is 10.2. The summed E-state index contributed by atoms with van der Waals surface area (Å²) in [6.45, 7) is 4.71. The van der Waals surface area contributed by atoms with E-state index in [0.29, 0.717) is 18.3 Å². The molecule has 0 spiro atoms. The van der Waals surface area contributed by atoms with Crippen LogP contribution in [0.2, 0.25) is 0 Å². The van der Waals surface area contributed by atoms with Gasteiger partial charge in [-0.1, -0.05) is 37.6 Å². The lowest BCUT2D eigenvalue weighted by molar-refractivity contribution is -0.0238. The van der Waals surface area contributed by atoms with Gasteiger partial charge in [-0.05, 0) is 90.7 Å². The van der Waals surface area contributed by atoms with Crippen LogP contribution >= 0.6 is 0 Å². The van der Waals surface area contributed by atoms with Crippen molar-refractivity contribution in [1.82, 2.24) is 4.98 Å². The molecule has 5 rings (SSSR count). The molecule has 26 heavy (non-hydrogen) atoms. The molecule has 1 aromatic rings. The number of hydrogen-bond donors (Lipinski definition) is 1. The molecule has 1 aromatic heterocycles. The van der Waals surface area contributed by atoms with Crippen LogP contribution in [0.1, 0.15) is 67.1 Å². The van der Waals surface area contributed by atoms with Crippen molar-refractivity contribution >= 4 is 5.57 Å². The number of aliphatic hydroxyl groups is 1. The highest BCUT2D eigenvalue weighted by Crippen LogP contribution is 2.66. The molecule has 2 heteroatoms. The molecule has 2 saturated carbocycles. The predicted octanol–water partition coefficient (Wildman–Crippen LogP) is 5.40. The second kappa shape index (κ2) is 5.79. The van der Waals surface area contributed by atoms with Gasteiger partial charge in [0.1, 0.15) is 0 Å². The first-order valence-electron chi connectivity index (χ1n) is 11.3. The van der Waals surface area contributed by atoms with E-state index in [0.717, 1.165) is 32.1 Å². The quantitative estimate of drug-likeness (QED) is 0.687. The minimum atomic E-state index is -1.30. The third kappa shape index (κ3) is 2.24. The summed E-state index contributed by atoms with van der Waals surface area (Å²) >= 11 is 0. The molecule has 0 radical (unpaired) electrons. The first-order chi connectivity index (χ1) is 13.3. The average molecular weight is 352 g/mol. The molecule has 4 aliphatic rings. The molecule has 6 atom stereocenters. The maximum atomic E-state index is 10.2. The van der Waals surface area contributed by atoms with Crippen LogP contribution in [0, 0.1) is 28.6 Å². The standard InChI is InChI=1S/C24H31NO/c1-23-11-9-18(26)14-17(23)5-6-19-21-8-7-20(16-4-3-13-25-15-16)24(21,2)12-10-22(19)23/h3-5,7,13,15,18-19,21-22,26H,6,8-12,14H2,1-2H3/t18-,19?,21?,22?,23-,24+/m0/s1/i6D2. The van der Waals surface area contributed by atoms with E-state index in [2.05, 4.69) is 31.0 Å². The largest absolute Gasteiger partial charge is 0.393 e. The second-order valence-electron chi connectivity index (χ2n) is 9.44. The molecule has 2 fully saturated rings. The van der Waals surface area contributed by atoms with Gasteiger partial charge in [0.15, 0.2) is 0 Å². The molecular weight excluding hydrogens is 318 g/mol. The summed E-state index contributed by atoms with van der Waals surface area (Å²) in [5.41, 5.74) is 3.82. The fraction of sp³-hybridized carbons (Fsp3) is 0.625. The monoisotopic (exact) mass is 351 g/mol. The van der Waals surface area contributed by atoms with Gasteiger partial charge in [0.05, 0.1) is 6.10 Å². The highest BCUT2D eigenvalue weighted by Gasteiger charge is 2.56. The van der Waals surface area contributed by atoms with E-state index in [1.54, 1.807) is 0 Å². The van der Waals surface area contributed by atoms with E-state index in [-0.39, 0.29) is 22.9 Å². The number of allylic oxidation sites excluding steroid dienone is 3. The Morgan fingerprint density at radius 1 is 1.15 bits per heavy atom. The minimum absolute atomic E-state index is 0.0213. The topological polar surface area (TPSA) is 33.1 Å². The Labute approximate surface area is 160 Å². The van der Waals surface area contributed by atoms with Crippen LogP contribution in [0.5, 0.6) is 0 Å². The fourth-order valence-corrected chi connectivity index (χ4v) is 6.69. The highest BCUT2D eigenvalue weighted by molar-refractivity contribution is 5.72. The zero-order valence-electron chi connectivity index (χ0n) is 17.9. The molecule has 1 N–H and O–H groups in total. The minimum Gasteiger partial charge on any atom is -0.393 e. The van der Waals surface area contributed by atoms with E-state index in [4.69, 9.17) is 2.74 Å². The third-order valence-corrected chi connectivity index (χ3v) is 8.28. The zero-order chi connectivity index (χ0) is 19.7. The molecule has 1 heterocycles. The van der Waals surface area contributed by atoms with Crippen molar-refractivity contribution in [1.29, 1.82) is 0 Å². The van der Waals surface area contributed by atoms with Gasteiger partial charge in [-0.25, -0.2) is 0 Å². The third-order valence-electron chi connectivity index (χ3n) is 8.28. The summed E-state index contributed by atoms with van der Waals surface area (Å²) in [6, 6.07) is 4.15. The van der Waals surface area contributed by atoms with Crippen LogP contribution in [0.15, 0.2) is 42.3 Å². The number of rotatable bonds is 1. The molecule has 2 nitrogen and oxygen atoms in total. The van der Waals surface area contributed by atoms with E-state index in [1.165, 1.54) is 16.7 Å². The summed E-state index contributed by atoms with van der Waals surface area (Å²) in [7, 11) is 0. The van der Waals surface area contributed by atoms with Crippen LogP contribution in [0.3, 0.4) is 0 Å². The van der Waals surface area contributed by atoms with E-state index < -0.39 is 6.37 Å². The summed E-state index contributed by atoms with van der Waals surface area (Å²) in [6.07, 6.45) is 12.1. The number of aliphatic hydroxyl groups excluding tert-OH is 1. The van der Waals surface area contributed by atoms with Crippen molar-refractivity contribution in [2.24, 2.45) is 28.6 Å². The Morgan fingerprint density at radius 3 is 2.81 bits per heavy atom. The Bertz CT molecular complexity index is 847. The Hall–Kier alpha value is -1.41. The molecule has 4 aliphatic carbocycles. The number of nitrogens with zero attached hydrogens (tertiary/aromatic N) is 1. The van der Waals surface area contributed by atoms with Crippen molar-refractivity contribution in [3.63, 3.8) is 0 Å². The molecule has 3 unspecified atom stereocenters. The number of hydrogen-bond acceptors (Lipinski definition) is 2. The second-order valence-corrected chi connectivity index (χ2v) is 9.44. The first-order valence-corrected chi connectivity index (χ1v) is 10.3. The molecule has 0 aromatic carbocycles. The smallest absolute Gasteiger partial charge is 0.0577 e. The fourth-order valence-electron chi connectivity index (χ4n) is 6.69. The van der Waals surface area contributed by atoms with Crippen molar-refractivity contribution in [2.45, 2.75) is 64.8 Å². The lowest BCUT2D eigenvalue weighted by Gasteiger charge is -2.57. The molecule has 0 aliphatic heterocycles. The number of fused-ring (bicyclic) bond motifs is 5. The van der Waals surface area contributed by atoms with Gasteiger partial charge < -0.3 is 5.11 Å². The number of pyridine rings is 1. The summed E-state index contributed by atoms with van der Waals surface area (Å²) < 4.78 is 18.0. The van der Waals surface area contributed by atoms with Gasteiger partial charge in [-0.2, -0.15) is 0 Å². The first kappa shape index (κ1) is 14.6. The van der Waals surface area contributed by atoms with Gasteiger partial charge in [-0.3, -0.25) is 4.98 Å². The Morgan fingerprint density at radius 2 is 2.00 bits per heavy atom. The maximum Gasteiger partial charge on any atom is 0.0577 e. The zero-order valence-corrected chi connectivity index (χ0v) is 15.9. The van der Waals surface area contributed by atoms with Gasteiger partial charge in [0, 0.05) is 15.1 Å². The van der Waals surface area contributed by atoms with Gasteiger partial charge >= 0.3 is 0 Å². The average Bonchev–Trinajstić information content (AvgIpc) is 3.01. The SMILES string of the molecule is [2H]C1([2H])C=C2C[C@@H](O)CC[C@]2(C)C2CC[C@]3(C)C(c4cccnc4)=CCC3C21. The van der Waals surface area contributed by atoms with E-state index in [9.17, 15) is 5.11 Å². The van der Waals surface area contributed by atoms with Gasteiger partial charge in [0.2, 0.25) is 0 Å². The van der Waals surface area contributed by atoms with Crippen molar-refractivity contribution in [2.75, 3.05) is 0 Å². The molecule has 138 valence electrons. The normalized spacial score (nSPS) is 47.5.